The third kappa shape index (κ3) is 3.43. The Morgan fingerprint density at radius 3 is 1.62 bits per heavy atom. The smallest absolute Gasteiger partial charge is 0.206 e. The molecule has 0 saturated heterocycles. The second kappa shape index (κ2) is 3.68. The zero-order valence-electron chi connectivity index (χ0n) is 11.6. The van der Waals surface area contributed by atoms with Crippen LogP contribution < -0.4 is 0 Å². The molecule has 2 heteroatoms. The number of halogens is 2. The maximum Gasteiger partial charge on any atom is 0.254 e. The van der Waals surface area contributed by atoms with E-state index < -0.39 is 11.3 Å². The standard InChI is InChI=1S/C14H26F2/c1-11(2,3)7-8-13(9-12(4,5)6)10-14(13,15)16/h7-10H2,1-6H3. The Balaban J connectivity index is 2.64. The first-order valence-corrected chi connectivity index (χ1v) is 6.25. The summed E-state index contributed by atoms with van der Waals surface area (Å²) in [5.41, 5.74) is -0.542. The van der Waals surface area contributed by atoms with Crippen molar-refractivity contribution in [2.45, 2.75) is 73.1 Å². The molecule has 1 saturated carbocycles. The summed E-state index contributed by atoms with van der Waals surface area (Å²) in [5, 5.41) is 0. The minimum atomic E-state index is -2.41. The van der Waals surface area contributed by atoms with Crippen molar-refractivity contribution in [1.29, 1.82) is 0 Å². The van der Waals surface area contributed by atoms with Crippen molar-refractivity contribution < 1.29 is 8.78 Å². The number of hydrogen-bond acceptors (Lipinski definition) is 0. The van der Waals surface area contributed by atoms with Gasteiger partial charge in [0.15, 0.2) is 0 Å². The molecule has 0 aromatic rings. The average Bonchev–Trinajstić information content (AvgIpc) is 2.44. The van der Waals surface area contributed by atoms with Crippen LogP contribution in [0.1, 0.15) is 67.2 Å². The molecule has 0 aromatic carbocycles. The third-order valence-corrected chi connectivity index (χ3v) is 3.43. The molecule has 1 atom stereocenters. The van der Waals surface area contributed by atoms with Crippen molar-refractivity contribution in [3.8, 4) is 0 Å². The topological polar surface area (TPSA) is 0 Å². The number of rotatable bonds is 3. The molecule has 0 heterocycles. The van der Waals surface area contributed by atoms with Crippen LogP contribution in [0, 0.1) is 16.2 Å². The lowest BCUT2D eigenvalue weighted by Crippen LogP contribution is -2.22. The highest BCUT2D eigenvalue weighted by molar-refractivity contribution is 5.11. The van der Waals surface area contributed by atoms with E-state index >= 15 is 0 Å². The molecule has 1 fully saturated rings. The van der Waals surface area contributed by atoms with Gasteiger partial charge in [-0.15, -0.1) is 0 Å². The maximum absolute atomic E-state index is 13.6. The fourth-order valence-corrected chi connectivity index (χ4v) is 2.56. The summed E-state index contributed by atoms with van der Waals surface area (Å²) < 4.78 is 27.1. The van der Waals surface area contributed by atoms with Crippen molar-refractivity contribution in [1.82, 2.24) is 0 Å². The maximum atomic E-state index is 13.6. The summed E-state index contributed by atoms with van der Waals surface area (Å²) >= 11 is 0. The Bertz CT molecular complexity index is 255. The van der Waals surface area contributed by atoms with E-state index in [2.05, 4.69) is 41.5 Å². The van der Waals surface area contributed by atoms with Crippen LogP contribution in [0.25, 0.3) is 0 Å². The normalized spacial score (nSPS) is 29.2. The van der Waals surface area contributed by atoms with Gasteiger partial charge in [-0.1, -0.05) is 41.5 Å². The quantitative estimate of drug-likeness (QED) is 0.621. The van der Waals surface area contributed by atoms with E-state index in [9.17, 15) is 8.78 Å². The van der Waals surface area contributed by atoms with E-state index in [0.717, 1.165) is 6.42 Å². The van der Waals surface area contributed by atoms with Crippen LogP contribution in [-0.4, -0.2) is 5.92 Å². The van der Waals surface area contributed by atoms with Gasteiger partial charge in [0.05, 0.1) is 0 Å². The summed E-state index contributed by atoms with van der Waals surface area (Å²) in [6, 6.07) is 0. The molecule has 0 bridgehead atoms. The number of hydrogen-bond donors (Lipinski definition) is 0. The Morgan fingerprint density at radius 2 is 1.38 bits per heavy atom. The Hall–Kier alpha value is -0.140. The van der Waals surface area contributed by atoms with Gasteiger partial charge in [0.25, 0.3) is 5.92 Å². The van der Waals surface area contributed by atoms with Crippen LogP contribution in [0.3, 0.4) is 0 Å². The lowest BCUT2D eigenvalue weighted by molar-refractivity contribution is 0.0372. The SMILES string of the molecule is CC(C)(C)CCC1(CC(C)(C)C)CC1(F)F. The summed E-state index contributed by atoms with van der Waals surface area (Å²) in [7, 11) is 0. The van der Waals surface area contributed by atoms with Crippen LogP contribution in [0.15, 0.2) is 0 Å². The Morgan fingerprint density at radius 1 is 0.938 bits per heavy atom. The summed E-state index contributed by atoms with van der Waals surface area (Å²) in [6.07, 6.45) is 2.30. The molecule has 0 nitrogen and oxygen atoms in total. The highest BCUT2D eigenvalue weighted by Crippen LogP contribution is 2.68. The van der Waals surface area contributed by atoms with Gasteiger partial charge in [0.1, 0.15) is 0 Å². The summed E-state index contributed by atoms with van der Waals surface area (Å²) in [4.78, 5) is 0. The lowest BCUT2D eigenvalue weighted by Gasteiger charge is -2.29. The van der Waals surface area contributed by atoms with E-state index in [-0.39, 0.29) is 17.3 Å². The first-order chi connectivity index (χ1) is 6.87. The van der Waals surface area contributed by atoms with Crippen LogP contribution in [-0.2, 0) is 0 Å². The van der Waals surface area contributed by atoms with Crippen LogP contribution >= 0.6 is 0 Å². The van der Waals surface area contributed by atoms with Gasteiger partial charge in [0.2, 0.25) is 0 Å². The third-order valence-electron chi connectivity index (χ3n) is 3.43. The highest BCUT2D eigenvalue weighted by Gasteiger charge is 2.70. The van der Waals surface area contributed by atoms with Gasteiger partial charge < -0.3 is 0 Å². The second-order valence-corrected chi connectivity index (χ2v) is 7.96. The molecule has 1 aliphatic rings. The van der Waals surface area contributed by atoms with E-state index in [1.165, 1.54) is 0 Å². The molecule has 0 radical (unpaired) electrons. The minimum Gasteiger partial charge on any atom is -0.206 e. The van der Waals surface area contributed by atoms with E-state index in [0.29, 0.717) is 12.8 Å². The van der Waals surface area contributed by atoms with Crippen LogP contribution in [0.2, 0.25) is 0 Å². The van der Waals surface area contributed by atoms with Crippen molar-refractivity contribution in [2.75, 3.05) is 0 Å². The lowest BCUT2D eigenvalue weighted by atomic mass is 9.77. The minimum absolute atomic E-state index is 0.00217. The molecule has 0 aromatic heterocycles. The van der Waals surface area contributed by atoms with Gasteiger partial charge in [0, 0.05) is 11.8 Å². The molecule has 0 N–H and O–H groups in total. The first-order valence-electron chi connectivity index (χ1n) is 6.25. The van der Waals surface area contributed by atoms with Gasteiger partial charge in [-0.25, -0.2) is 8.78 Å². The van der Waals surface area contributed by atoms with E-state index in [1.807, 2.05) is 0 Å². The number of alkyl halides is 2. The van der Waals surface area contributed by atoms with Crippen molar-refractivity contribution in [3.05, 3.63) is 0 Å². The van der Waals surface area contributed by atoms with Gasteiger partial charge in [-0.2, -0.15) is 0 Å². The molecule has 1 unspecified atom stereocenters. The Kier molecular flexibility index (Phi) is 3.20. The molecule has 0 amide bonds. The molecular formula is C14H26F2. The summed E-state index contributed by atoms with van der Waals surface area (Å²) in [5.74, 6) is -2.41. The molecular weight excluding hydrogens is 206 g/mol. The first kappa shape index (κ1) is 13.9. The van der Waals surface area contributed by atoms with E-state index in [4.69, 9.17) is 0 Å². The molecule has 16 heavy (non-hydrogen) atoms. The summed E-state index contributed by atoms with van der Waals surface area (Å²) in [6.45, 7) is 12.5. The van der Waals surface area contributed by atoms with Crippen molar-refractivity contribution >= 4 is 0 Å². The fraction of sp³-hybridized carbons (Fsp3) is 1.00. The highest BCUT2D eigenvalue weighted by atomic mass is 19.3. The Labute approximate surface area is 98.8 Å². The molecule has 1 aliphatic carbocycles. The van der Waals surface area contributed by atoms with Crippen molar-refractivity contribution in [2.24, 2.45) is 16.2 Å². The second-order valence-electron chi connectivity index (χ2n) is 7.96. The van der Waals surface area contributed by atoms with Crippen molar-refractivity contribution in [3.63, 3.8) is 0 Å². The average molecular weight is 232 g/mol. The van der Waals surface area contributed by atoms with E-state index in [1.54, 1.807) is 0 Å². The zero-order valence-corrected chi connectivity index (χ0v) is 11.6. The predicted molar refractivity (Wildman–Crippen MR) is 64.8 cm³/mol. The monoisotopic (exact) mass is 232 g/mol. The largest absolute Gasteiger partial charge is 0.254 e. The molecule has 0 aliphatic heterocycles. The molecule has 96 valence electrons. The van der Waals surface area contributed by atoms with Crippen LogP contribution in [0.5, 0.6) is 0 Å². The molecule has 0 spiro atoms. The van der Waals surface area contributed by atoms with Gasteiger partial charge in [-0.3, -0.25) is 0 Å². The molecule has 1 rings (SSSR count). The zero-order chi connectivity index (χ0) is 12.8. The van der Waals surface area contributed by atoms with Gasteiger partial charge in [-0.05, 0) is 30.1 Å². The fourth-order valence-electron chi connectivity index (χ4n) is 2.56. The predicted octanol–water partition coefficient (Wildman–Crippen LogP) is 5.27. The van der Waals surface area contributed by atoms with Crippen LogP contribution in [0.4, 0.5) is 8.78 Å². The van der Waals surface area contributed by atoms with Gasteiger partial charge >= 0.3 is 0 Å².